The fourth-order valence-corrected chi connectivity index (χ4v) is 1.94. The zero-order chi connectivity index (χ0) is 10.1. The first kappa shape index (κ1) is 11.0. The number of likely N-dealkylation sites (N-methyl/N-ethyl adjacent to an activating group) is 1. The molecular formula is C11H24N2. The molecule has 0 saturated carbocycles. The molecule has 1 saturated heterocycles. The molecule has 0 radical (unpaired) electrons. The Bertz CT molecular complexity index is 163. The van der Waals surface area contributed by atoms with E-state index in [4.69, 9.17) is 0 Å². The molecule has 0 aromatic rings. The Labute approximate surface area is 82.9 Å². The van der Waals surface area contributed by atoms with E-state index < -0.39 is 0 Å². The van der Waals surface area contributed by atoms with Crippen LogP contribution in [0.15, 0.2) is 0 Å². The highest BCUT2D eigenvalue weighted by atomic mass is 15.3. The Morgan fingerprint density at radius 1 is 1.38 bits per heavy atom. The van der Waals surface area contributed by atoms with Crippen molar-refractivity contribution in [3.05, 3.63) is 0 Å². The van der Waals surface area contributed by atoms with E-state index in [1.807, 2.05) is 0 Å². The van der Waals surface area contributed by atoms with Crippen molar-refractivity contribution in [2.45, 2.75) is 45.2 Å². The molecule has 0 unspecified atom stereocenters. The third-order valence-electron chi connectivity index (χ3n) is 3.61. The summed E-state index contributed by atoms with van der Waals surface area (Å²) in [6, 6.07) is 0.769. The topological polar surface area (TPSA) is 6.48 Å². The molecule has 0 bridgehead atoms. The lowest BCUT2D eigenvalue weighted by molar-refractivity contribution is 0.137. The molecule has 13 heavy (non-hydrogen) atoms. The number of hydrogen-bond donors (Lipinski definition) is 0. The lowest BCUT2D eigenvalue weighted by atomic mass is 10.0. The van der Waals surface area contributed by atoms with Crippen LogP contribution in [-0.4, -0.2) is 48.6 Å². The van der Waals surface area contributed by atoms with Gasteiger partial charge in [-0.15, -0.1) is 0 Å². The number of rotatable bonds is 3. The lowest BCUT2D eigenvalue weighted by Crippen LogP contribution is -2.43. The molecule has 0 aromatic carbocycles. The van der Waals surface area contributed by atoms with Crippen LogP contribution in [0.4, 0.5) is 0 Å². The van der Waals surface area contributed by atoms with Gasteiger partial charge in [-0.05, 0) is 40.8 Å². The molecule has 0 aliphatic carbocycles. The van der Waals surface area contributed by atoms with E-state index >= 15 is 0 Å². The molecule has 78 valence electrons. The Kier molecular flexibility index (Phi) is 3.36. The summed E-state index contributed by atoms with van der Waals surface area (Å²) >= 11 is 0. The van der Waals surface area contributed by atoms with Crippen LogP contribution < -0.4 is 0 Å². The van der Waals surface area contributed by atoms with Crippen LogP contribution in [0.3, 0.4) is 0 Å². The van der Waals surface area contributed by atoms with Crippen molar-refractivity contribution in [1.29, 1.82) is 0 Å². The maximum Gasteiger partial charge on any atom is 0.0229 e. The van der Waals surface area contributed by atoms with Crippen LogP contribution in [-0.2, 0) is 0 Å². The average molecular weight is 184 g/mol. The summed E-state index contributed by atoms with van der Waals surface area (Å²) in [6.45, 7) is 9.50. The van der Waals surface area contributed by atoms with E-state index in [9.17, 15) is 0 Å². The van der Waals surface area contributed by atoms with Crippen molar-refractivity contribution in [2.75, 3.05) is 27.2 Å². The summed E-state index contributed by atoms with van der Waals surface area (Å²) in [4.78, 5) is 4.98. The second kappa shape index (κ2) is 3.97. The minimum atomic E-state index is 0.394. The quantitative estimate of drug-likeness (QED) is 0.660. The monoisotopic (exact) mass is 184 g/mol. The highest BCUT2D eigenvalue weighted by Crippen LogP contribution is 2.25. The predicted octanol–water partition coefficient (Wildman–Crippen LogP) is 1.81. The maximum absolute atomic E-state index is 2.62. The molecule has 1 atom stereocenters. The van der Waals surface area contributed by atoms with Gasteiger partial charge < -0.3 is 4.90 Å². The Balaban J connectivity index is 2.49. The van der Waals surface area contributed by atoms with Gasteiger partial charge in [0.05, 0.1) is 0 Å². The molecule has 1 rings (SSSR count). The van der Waals surface area contributed by atoms with Gasteiger partial charge in [0.25, 0.3) is 0 Å². The standard InChI is InChI=1S/C11H24N2/c1-6-11(2,3)13-8-7-10(9-13)12(4)5/h10H,6-9H2,1-5H3/t10-/m1/s1. The van der Waals surface area contributed by atoms with E-state index in [2.05, 4.69) is 44.7 Å². The van der Waals surface area contributed by atoms with Gasteiger partial charge in [0, 0.05) is 24.7 Å². The Hall–Kier alpha value is -0.0800. The normalized spacial score (nSPS) is 25.8. The molecule has 0 aromatic heterocycles. The van der Waals surface area contributed by atoms with Crippen molar-refractivity contribution in [2.24, 2.45) is 0 Å². The van der Waals surface area contributed by atoms with Crippen molar-refractivity contribution < 1.29 is 0 Å². The molecule has 0 N–H and O–H groups in total. The van der Waals surface area contributed by atoms with Crippen LogP contribution in [0, 0.1) is 0 Å². The molecule has 2 nitrogen and oxygen atoms in total. The van der Waals surface area contributed by atoms with E-state index in [1.165, 1.54) is 25.9 Å². The van der Waals surface area contributed by atoms with Crippen LogP contribution in [0.25, 0.3) is 0 Å². The van der Waals surface area contributed by atoms with E-state index in [1.54, 1.807) is 0 Å². The van der Waals surface area contributed by atoms with E-state index in [0.717, 1.165) is 6.04 Å². The van der Waals surface area contributed by atoms with Crippen LogP contribution in [0.5, 0.6) is 0 Å². The Morgan fingerprint density at radius 2 is 2.00 bits per heavy atom. The fraction of sp³-hybridized carbons (Fsp3) is 1.00. The lowest BCUT2D eigenvalue weighted by Gasteiger charge is -2.35. The van der Waals surface area contributed by atoms with E-state index in [0.29, 0.717) is 5.54 Å². The van der Waals surface area contributed by atoms with E-state index in [-0.39, 0.29) is 0 Å². The fourth-order valence-electron chi connectivity index (χ4n) is 1.94. The number of hydrogen-bond acceptors (Lipinski definition) is 2. The Morgan fingerprint density at radius 3 is 2.38 bits per heavy atom. The first-order valence-corrected chi connectivity index (χ1v) is 5.39. The summed E-state index contributed by atoms with van der Waals surface area (Å²) in [7, 11) is 4.38. The molecule has 0 spiro atoms. The first-order chi connectivity index (χ1) is 5.97. The summed E-state index contributed by atoms with van der Waals surface area (Å²) in [5.41, 5.74) is 0.394. The molecule has 1 heterocycles. The van der Waals surface area contributed by atoms with Crippen LogP contribution in [0.2, 0.25) is 0 Å². The zero-order valence-corrected chi connectivity index (χ0v) is 9.80. The second-order valence-corrected chi connectivity index (χ2v) is 5.02. The maximum atomic E-state index is 2.62. The van der Waals surface area contributed by atoms with Gasteiger partial charge in [-0.25, -0.2) is 0 Å². The number of likely N-dealkylation sites (tertiary alicyclic amines) is 1. The minimum Gasteiger partial charge on any atom is -0.305 e. The number of nitrogens with zero attached hydrogens (tertiary/aromatic N) is 2. The molecule has 1 aliphatic rings. The van der Waals surface area contributed by atoms with Crippen LogP contribution in [0.1, 0.15) is 33.6 Å². The van der Waals surface area contributed by atoms with Gasteiger partial charge in [-0.2, -0.15) is 0 Å². The second-order valence-electron chi connectivity index (χ2n) is 5.02. The SMILES string of the molecule is CCC(C)(C)N1CC[C@@H](N(C)C)C1. The summed E-state index contributed by atoms with van der Waals surface area (Å²) in [5.74, 6) is 0. The molecule has 1 aliphatic heterocycles. The largest absolute Gasteiger partial charge is 0.305 e. The molecule has 0 amide bonds. The van der Waals surface area contributed by atoms with Crippen molar-refractivity contribution in [3.8, 4) is 0 Å². The predicted molar refractivity (Wildman–Crippen MR) is 58.0 cm³/mol. The zero-order valence-electron chi connectivity index (χ0n) is 9.80. The van der Waals surface area contributed by atoms with Gasteiger partial charge in [-0.3, -0.25) is 4.90 Å². The molecule has 1 fully saturated rings. The summed E-state index contributed by atoms with van der Waals surface area (Å²) < 4.78 is 0. The average Bonchev–Trinajstić information content (AvgIpc) is 2.52. The van der Waals surface area contributed by atoms with Gasteiger partial charge in [0.2, 0.25) is 0 Å². The van der Waals surface area contributed by atoms with Gasteiger partial charge in [0.15, 0.2) is 0 Å². The third-order valence-corrected chi connectivity index (χ3v) is 3.61. The minimum absolute atomic E-state index is 0.394. The van der Waals surface area contributed by atoms with Crippen molar-refractivity contribution in [3.63, 3.8) is 0 Å². The van der Waals surface area contributed by atoms with Crippen molar-refractivity contribution >= 4 is 0 Å². The van der Waals surface area contributed by atoms with Crippen LogP contribution >= 0.6 is 0 Å². The highest BCUT2D eigenvalue weighted by molar-refractivity contribution is 4.89. The third kappa shape index (κ3) is 2.44. The summed E-state index contributed by atoms with van der Waals surface area (Å²) in [6.07, 6.45) is 2.57. The molecule has 2 heteroatoms. The summed E-state index contributed by atoms with van der Waals surface area (Å²) in [5, 5.41) is 0. The van der Waals surface area contributed by atoms with Gasteiger partial charge in [0.1, 0.15) is 0 Å². The van der Waals surface area contributed by atoms with Gasteiger partial charge >= 0.3 is 0 Å². The van der Waals surface area contributed by atoms with Gasteiger partial charge in [-0.1, -0.05) is 6.92 Å². The molecular weight excluding hydrogens is 160 g/mol. The highest BCUT2D eigenvalue weighted by Gasteiger charge is 2.32. The first-order valence-electron chi connectivity index (χ1n) is 5.39. The van der Waals surface area contributed by atoms with Crippen molar-refractivity contribution in [1.82, 2.24) is 9.80 Å². The smallest absolute Gasteiger partial charge is 0.0229 e.